The summed E-state index contributed by atoms with van der Waals surface area (Å²) in [5.74, 6) is 0.0781. The van der Waals surface area contributed by atoms with Gasteiger partial charge in [0.15, 0.2) is 6.29 Å². The monoisotopic (exact) mass is 182 g/mol. The van der Waals surface area contributed by atoms with Gasteiger partial charge in [-0.2, -0.15) is 0 Å². The highest BCUT2D eigenvalue weighted by Gasteiger charge is 2.12. The van der Waals surface area contributed by atoms with Crippen molar-refractivity contribution in [1.29, 1.82) is 0 Å². The molecule has 3 heteroatoms. The molecule has 0 radical (unpaired) electrons. The fourth-order valence-electron chi connectivity index (χ4n) is 1.29. The third-order valence-electron chi connectivity index (χ3n) is 2.03. The van der Waals surface area contributed by atoms with Crippen LogP contribution in [-0.2, 0) is 0 Å². The van der Waals surface area contributed by atoms with Crippen LogP contribution in [0.2, 0.25) is 0 Å². The minimum atomic E-state index is -0.375. The van der Waals surface area contributed by atoms with E-state index in [4.69, 9.17) is 4.74 Å². The maximum absolute atomic E-state index is 13.1. The van der Waals surface area contributed by atoms with Gasteiger partial charge in [-0.05, 0) is 31.0 Å². The zero-order valence-electron chi connectivity index (χ0n) is 7.85. The van der Waals surface area contributed by atoms with E-state index in [1.807, 2.05) is 0 Å². The molecule has 0 heterocycles. The number of carbonyl (C=O) groups excluding carboxylic acids is 1. The average Bonchev–Trinajstić information content (AvgIpc) is 2.10. The molecular formula is C10H11FO2. The molecule has 13 heavy (non-hydrogen) atoms. The maximum atomic E-state index is 13.1. The lowest BCUT2D eigenvalue weighted by Gasteiger charge is -2.10. The quantitative estimate of drug-likeness (QED) is 0.656. The first kappa shape index (κ1) is 9.71. The Bertz CT molecular complexity index is 345. The molecule has 0 N–H and O–H groups in total. The van der Waals surface area contributed by atoms with Gasteiger partial charge in [-0.3, -0.25) is 4.79 Å². The van der Waals surface area contributed by atoms with Crippen molar-refractivity contribution in [2.24, 2.45) is 0 Å². The van der Waals surface area contributed by atoms with Crippen LogP contribution in [0.25, 0.3) is 0 Å². The van der Waals surface area contributed by atoms with E-state index in [0.717, 1.165) is 0 Å². The fraction of sp³-hybridized carbons (Fsp3) is 0.300. The van der Waals surface area contributed by atoms with Crippen molar-refractivity contribution < 1.29 is 13.9 Å². The molecule has 0 aliphatic heterocycles. The van der Waals surface area contributed by atoms with Crippen LogP contribution in [-0.4, -0.2) is 13.4 Å². The third kappa shape index (κ3) is 1.54. The Hall–Kier alpha value is -1.38. The second kappa shape index (κ2) is 3.56. The number of hydrogen-bond acceptors (Lipinski definition) is 2. The standard InChI is InChI=1S/C10H11FO2/c1-6-4-9(11)7(2)8(5-12)10(6)13-3/h4-5H,1-3H3. The van der Waals surface area contributed by atoms with Crippen molar-refractivity contribution in [2.45, 2.75) is 13.8 Å². The molecule has 0 fully saturated rings. The predicted octanol–water partition coefficient (Wildman–Crippen LogP) is 2.26. The molecule has 0 amide bonds. The second-order valence-electron chi connectivity index (χ2n) is 2.87. The van der Waals surface area contributed by atoms with Gasteiger partial charge in [-0.15, -0.1) is 0 Å². The van der Waals surface area contributed by atoms with E-state index in [9.17, 15) is 9.18 Å². The minimum absolute atomic E-state index is 0.292. The van der Waals surface area contributed by atoms with Crippen LogP contribution >= 0.6 is 0 Å². The topological polar surface area (TPSA) is 26.3 Å². The molecule has 2 nitrogen and oxygen atoms in total. The molecule has 1 aromatic carbocycles. The third-order valence-corrected chi connectivity index (χ3v) is 2.03. The number of aryl methyl sites for hydroxylation is 1. The van der Waals surface area contributed by atoms with Crippen molar-refractivity contribution in [3.05, 3.63) is 28.6 Å². The summed E-state index contributed by atoms with van der Waals surface area (Å²) in [7, 11) is 1.46. The smallest absolute Gasteiger partial charge is 0.154 e. The van der Waals surface area contributed by atoms with Gasteiger partial charge in [-0.1, -0.05) is 0 Å². The number of aldehydes is 1. The Morgan fingerprint density at radius 2 is 2.08 bits per heavy atom. The summed E-state index contributed by atoms with van der Waals surface area (Å²) >= 11 is 0. The number of methoxy groups -OCH3 is 1. The van der Waals surface area contributed by atoms with E-state index in [1.165, 1.54) is 13.2 Å². The number of carbonyl (C=O) groups is 1. The average molecular weight is 182 g/mol. The Morgan fingerprint density at radius 1 is 1.46 bits per heavy atom. The van der Waals surface area contributed by atoms with Crippen LogP contribution in [0.4, 0.5) is 4.39 Å². The van der Waals surface area contributed by atoms with Gasteiger partial charge in [-0.25, -0.2) is 4.39 Å². The van der Waals surface area contributed by atoms with E-state index in [0.29, 0.717) is 28.7 Å². The van der Waals surface area contributed by atoms with Crippen LogP contribution in [0.3, 0.4) is 0 Å². The van der Waals surface area contributed by atoms with Gasteiger partial charge >= 0.3 is 0 Å². The number of ether oxygens (including phenoxy) is 1. The first-order valence-corrected chi connectivity index (χ1v) is 3.90. The largest absolute Gasteiger partial charge is 0.496 e. The SMILES string of the molecule is COc1c(C)cc(F)c(C)c1C=O. The van der Waals surface area contributed by atoms with Crippen LogP contribution in [0.5, 0.6) is 5.75 Å². The molecule has 0 unspecified atom stereocenters. The van der Waals surface area contributed by atoms with Gasteiger partial charge in [0.05, 0.1) is 12.7 Å². The zero-order chi connectivity index (χ0) is 10.0. The normalized spacial score (nSPS) is 9.85. The van der Waals surface area contributed by atoms with E-state index < -0.39 is 0 Å². The molecule has 0 aromatic heterocycles. The molecule has 0 bridgehead atoms. The van der Waals surface area contributed by atoms with Crippen LogP contribution in [0.15, 0.2) is 6.07 Å². The lowest BCUT2D eigenvalue weighted by Crippen LogP contribution is -1.99. The first-order valence-electron chi connectivity index (χ1n) is 3.90. The van der Waals surface area contributed by atoms with Crippen molar-refractivity contribution in [3.8, 4) is 5.75 Å². The highest BCUT2D eigenvalue weighted by molar-refractivity contribution is 5.82. The Balaban J connectivity index is 3.50. The van der Waals surface area contributed by atoms with Gasteiger partial charge < -0.3 is 4.74 Å². The summed E-state index contributed by atoms with van der Waals surface area (Å²) in [6.07, 6.45) is 0.615. The van der Waals surface area contributed by atoms with E-state index in [2.05, 4.69) is 0 Å². The number of benzene rings is 1. The van der Waals surface area contributed by atoms with Crippen LogP contribution in [0.1, 0.15) is 21.5 Å². The molecular weight excluding hydrogens is 171 g/mol. The van der Waals surface area contributed by atoms with Gasteiger partial charge in [0.2, 0.25) is 0 Å². The molecule has 1 aromatic rings. The van der Waals surface area contributed by atoms with E-state index >= 15 is 0 Å². The molecule has 0 aliphatic rings. The number of halogens is 1. The predicted molar refractivity (Wildman–Crippen MR) is 47.8 cm³/mol. The summed E-state index contributed by atoms with van der Waals surface area (Å²) in [5, 5.41) is 0. The van der Waals surface area contributed by atoms with Crippen LogP contribution in [0, 0.1) is 19.7 Å². The molecule has 0 saturated carbocycles. The van der Waals surface area contributed by atoms with Crippen molar-refractivity contribution in [3.63, 3.8) is 0 Å². The van der Waals surface area contributed by atoms with Crippen LogP contribution < -0.4 is 4.74 Å². The highest BCUT2D eigenvalue weighted by atomic mass is 19.1. The summed E-state index contributed by atoms with van der Waals surface area (Å²) < 4.78 is 18.1. The van der Waals surface area contributed by atoms with E-state index in [-0.39, 0.29) is 5.82 Å². The lowest BCUT2D eigenvalue weighted by molar-refractivity contribution is 0.111. The highest BCUT2D eigenvalue weighted by Crippen LogP contribution is 2.26. The molecule has 0 aliphatic carbocycles. The number of rotatable bonds is 2. The maximum Gasteiger partial charge on any atom is 0.154 e. The minimum Gasteiger partial charge on any atom is -0.496 e. The first-order chi connectivity index (χ1) is 6.11. The summed E-state index contributed by atoms with van der Waals surface area (Å²) in [4.78, 5) is 10.7. The molecule has 1 rings (SSSR count). The van der Waals surface area contributed by atoms with Crippen molar-refractivity contribution in [2.75, 3.05) is 7.11 Å². The lowest BCUT2D eigenvalue weighted by atomic mass is 10.0. The Morgan fingerprint density at radius 3 is 2.54 bits per heavy atom. The number of hydrogen-bond donors (Lipinski definition) is 0. The van der Waals surface area contributed by atoms with Crippen molar-refractivity contribution >= 4 is 6.29 Å². The molecule has 0 saturated heterocycles. The van der Waals surface area contributed by atoms with Crippen molar-refractivity contribution in [1.82, 2.24) is 0 Å². The zero-order valence-corrected chi connectivity index (χ0v) is 7.85. The Kier molecular flexibility index (Phi) is 2.66. The van der Waals surface area contributed by atoms with E-state index in [1.54, 1.807) is 13.8 Å². The van der Waals surface area contributed by atoms with Gasteiger partial charge in [0, 0.05) is 0 Å². The summed E-state index contributed by atoms with van der Waals surface area (Å²) in [6.45, 7) is 3.26. The second-order valence-corrected chi connectivity index (χ2v) is 2.87. The summed E-state index contributed by atoms with van der Waals surface area (Å²) in [5.41, 5.74) is 1.25. The van der Waals surface area contributed by atoms with Gasteiger partial charge in [0.25, 0.3) is 0 Å². The Labute approximate surface area is 76.3 Å². The molecule has 0 atom stereocenters. The molecule has 70 valence electrons. The fourth-order valence-corrected chi connectivity index (χ4v) is 1.29. The summed E-state index contributed by atoms with van der Waals surface area (Å²) in [6, 6.07) is 1.36. The van der Waals surface area contributed by atoms with Gasteiger partial charge in [0.1, 0.15) is 11.6 Å². The molecule has 0 spiro atoms.